The highest BCUT2D eigenvalue weighted by Gasteiger charge is 2.37. The average Bonchev–Trinajstić information content (AvgIpc) is 2.77. The van der Waals surface area contributed by atoms with Crippen molar-refractivity contribution in [3.05, 3.63) is 0 Å². The van der Waals surface area contributed by atoms with E-state index in [1.165, 1.54) is 0 Å². The van der Waals surface area contributed by atoms with Crippen molar-refractivity contribution >= 4 is 21.6 Å². The van der Waals surface area contributed by atoms with Gasteiger partial charge in [-0.25, -0.2) is 8.42 Å². The lowest BCUT2D eigenvalue weighted by Gasteiger charge is -2.33. The fourth-order valence-corrected chi connectivity index (χ4v) is 4.48. The highest BCUT2D eigenvalue weighted by molar-refractivity contribution is 7.91. The van der Waals surface area contributed by atoms with Gasteiger partial charge in [0, 0.05) is 19.0 Å². The number of rotatable bonds is 2. The monoisotopic (exact) mass is 289 g/mol. The molecule has 0 spiro atoms. The summed E-state index contributed by atoms with van der Waals surface area (Å²) in [6.07, 6.45) is 1.97. The molecule has 2 atom stereocenters. The van der Waals surface area contributed by atoms with Crippen LogP contribution in [-0.4, -0.2) is 54.9 Å². The van der Waals surface area contributed by atoms with Crippen LogP contribution in [0.15, 0.2) is 5.16 Å². The molecule has 2 heterocycles. The van der Waals surface area contributed by atoms with Crippen LogP contribution in [0.4, 0.5) is 0 Å². The second kappa shape index (κ2) is 5.36. The molecule has 19 heavy (non-hydrogen) atoms. The van der Waals surface area contributed by atoms with Gasteiger partial charge < -0.3 is 15.8 Å². The van der Waals surface area contributed by atoms with Crippen LogP contribution in [-0.2, 0) is 14.6 Å². The van der Waals surface area contributed by atoms with Crippen molar-refractivity contribution in [2.75, 3.05) is 24.6 Å². The minimum atomic E-state index is -3.05. The number of sulfone groups is 1. The molecular formula is C11H19N3O4S. The van der Waals surface area contributed by atoms with Crippen molar-refractivity contribution < 1.29 is 18.4 Å². The molecule has 2 aliphatic rings. The van der Waals surface area contributed by atoms with Crippen molar-refractivity contribution in [2.45, 2.75) is 19.3 Å². The van der Waals surface area contributed by atoms with Gasteiger partial charge in [-0.15, -0.1) is 0 Å². The van der Waals surface area contributed by atoms with Gasteiger partial charge in [-0.3, -0.25) is 4.79 Å². The van der Waals surface area contributed by atoms with E-state index in [4.69, 9.17) is 10.9 Å². The summed E-state index contributed by atoms with van der Waals surface area (Å²) < 4.78 is 22.8. The summed E-state index contributed by atoms with van der Waals surface area (Å²) in [6.45, 7) is 1.02. The van der Waals surface area contributed by atoms with E-state index in [0.717, 1.165) is 12.8 Å². The third-order valence-corrected chi connectivity index (χ3v) is 5.62. The van der Waals surface area contributed by atoms with E-state index in [-0.39, 0.29) is 29.2 Å². The van der Waals surface area contributed by atoms with E-state index in [2.05, 4.69) is 5.16 Å². The number of oxime groups is 1. The zero-order valence-corrected chi connectivity index (χ0v) is 11.5. The van der Waals surface area contributed by atoms with E-state index >= 15 is 0 Å². The van der Waals surface area contributed by atoms with Crippen molar-refractivity contribution in [3.8, 4) is 0 Å². The molecule has 0 bridgehead atoms. The number of nitrogens with two attached hydrogens (primary N) is 1. The minimum Gasteiger partial charge on any atom is -0.409 e. The molecule has 0 aromatic rings. The molecule has 2 unspecified atom stereocenters. The summed E-state index contributed by atoms with van der Waals surface area (Å²) in [5.41, 5.74) is 5.57. The lowest BCUT2D eigenvalue weighted by atomic mass is 9.95. The standard InChI is InChI=1S/C11H19N3O4S/c12-10(13-16)8-2-1-4-14(6-8)11(15)9-3-5-19(17,18)7-9/h8-9,16H,1-7H2,(H2,12,13). The molecule has 108 valence electrons. The van der Waals surface area contributed by atoms with Gasteiger partial charge in [-0.1, -0.05) is 5.16 Å². The Hall–Kier alpha value is -1.31. The smallest absolute Gasteiger partial charge is 0.226 e. The molecule has 2 fully saturated rings. The van der Waals surface area contributed by atoms with E-state index in [0.29, 0.717) is 19.5 Å². The van der Waals surface area contributed by atoms with E-state index in [9.17, 15) is 13.2 Å². The first kappa shape index (κ1) is 14.1. The minimum absolute atomic E-state index is 0.0451. The van der Waals surface area contributed by atoms with E-state index < -0.39 is 15.8 Å². The average molecular weight is 289 g/mol. The third kappa shape index (κ3) is 3.17. The van der Waals surface area contributed by atoms with Crippen molar-refractivity contribution in [1.29, 1.82) is 0 Å². The molecule has 0 aromatic carbocycles. The van der Waals surface area contributed by atoms with Crippen molar-refractivity contribution in [3.63, 3.8) is 0 Å². The van der Waals surface area contributed by atoms with Gasteiger partial charge in [0.1, 0.15) is 5.84 Å². The normalized spacial score (nSPS) is 31.4. The number of hydrogen-bond donors (Lipinski definition) is 2. The molecule has 0 aromatic heterocycles. The molecule has 2 saturated heterocycles. The largest absolute Gasteiger partial charge is 0.409 e. The maximum atomic E-state index is 12.3. The summed E-state index contributed by atoms with van der Waals surface area (Å²) in [7, 11) is -3.05. The maximum Gasteiger partial charge on any atom is 0.226 e. The fourth-order valence-electron chi connectivity index (χ4n) is 2.75. The molecule has 0 aliphatic carbocycles. The third-order valence-electron chi connectivity index (χ3n) is 3.85. The van der Waals surface area contributed by atoms with Crippen LogP contribution in [0.25, 0.3) is 0 Å². The summed E-state index contributed by atoms with van der Waals surface area (Å²) in [4.78, 5) is 13.9. The van der Waals surface area contributed by atoms with Gasteiger partial charge in [0.25, 0.3) is 0 Å². The van der Waals surface area contributed by atoms with Crippen LogP contribution >= 0.6 is 0 Å². The topological polar surface area (TPSA) is 113 Å². The highest BCUT2D eigenvalue weighted by atomic mass is 32.2. The Balaban J connectivity index is 2.00. The predicted octanol–water partition coefficient (Wildman–Crippen LogP) is -0.594. The van der Waals surface area contributed by atoms with Gasteiger partial charge in [0.05, 0.1) is 17.4 Å². The zero-order chi connectivity index (χ0) is 14.0. The van der Waals surface area contributed by atoms with Crippen molar-refractivity contribution in [1.82, 2.24) is 4.90 Å². The second-order valence-electron chi connectivity index (χ2n) is 5.25. The zero-order valence-electron chi connectivity index (χ0n) is 10.7. The van der Waals surface area contributed by atoms with Gasteiger partial charge in [0.2, 0.25) is 5.91 Å². The first-order valence-electron chi connectivity index (χ1n) is 6.39. The summed E-state index contributed by atoms with van der Waals surface area (Å²) in [6, 6.07) is 0. The van der Waals surface area contributed by atoms with Gasteiger partial charge in [0.15, 0.2) is 9.84 Å². The van der Waals surface area contributed by atoms with E-state index in [1.54, 1.807) is 4.90 Å². The van der Waals surface area contributed by atoms with Crippen LogP contribution in [0.1, 0.15) is 19.3 Å². The van der Waals surface area contributed by atoms with Gasteiger partial charge in [-0.2, -0.15) is 0 Å². The number of amidine groups is 1. The number of amides is 1. The van der Waals surface area contributed by atoms with Crippen LogP contribution in [0, 0.1) is 11.8 Å². The maximum absolute atomic E-state index is 12.3. The Morgan fingerprint density at radius 1 is 1.32 bits per heavy atom. The number of carbonyl (C=O) groups is 1. The lowest BCUT2D eigenvalue weighted by molar-refractivity contribution is -0.136. The summed E-state index contributed by atoms with van der Waals surface area (Å²) in [5.74, 6) is -0.484. The Morgan fingerprint density at radius 3 is 2.63 bits per heavy atom. The van der Waals surface area contributed by atoms with Crippen LogP contribution < -0.4 is 5.73 Å². The van der Waals surface area contributed by atoms with Gasteiger partial charge >= 0.3 is 0 Å². The Morgan fingerprint density at radius 2 is 2.05 bits per heavy atom. The first-order chi connectivity index (χ1) is 8.93. The number of nitrogens with zero attached hydrogens (tertiary/aromatic N) is 2. The molecule has 8 heteroatoms. The van der Waals surface area contributed by atoms with Gasteiger partial charge in [-0.05, 0) is 19.3 Å². The number of piperidine rings is 1. The second-order valence-corrected chi connectivity index (χ2v) is 7.48. The Kier molecular flexibility index (Phi) is 3.98. The van der Waals surface area contributed by atoms with Crippen LogP contribution in [0.2, 0.25) is 0 Å². The summed E-state index contributed by atoms with van der Waals surface area (Å²) >= 11 is 0. The molecule has 0 saturated carbocycles. The number of carbonyl (C=O) groups excluding carboxylic acids is 1. The molecule has 0 radical (unpaired) electrons. The van der Waals surface area contributed by atoms with Crippen LogP contribution in [0.3, 0.4) is 0 Å². The number of likely N-dealkylation sites (tertiary alicyclic amines) is 1. The predicted molar refractivity (Wildman–Crippen MR) is 69.5 cm³/mol. The van der Waals surface area contributed by atoms with Crippen LogP contribution in [0.5, 0.6) is 0 Å². The summed E-state index contributed by atoms with van der Waals surface area (Å²) in [5, 5.41) is 11.7. The first-order valence-corrected chi connectivity index (χ1v) is 8.21. The Labute approximate surface area is 112 Å². The Bertz CT molecular complexity index is 488. The molecule has 2 rings (SSSR count). The molecule has 2 aliphatic heterocycles. The molecule has 3 N–H and O–H groups in total. The fraction of sp³-hybridized carbons (Fsp3) is 0.818. The molecule has 7 nitrogen and oxygen atoms in total. The molecular weight excluding hydrogens is 270 g/mol. The SMILES string of the molecule is NC(=NO)C1CCCN(C(=O)C2CCS(=O)(=O)C2)C1. The number of hydrogen-bond acceptors (Lipinski definition) is 5. The highest BCUT2D eigenvalue weighted by Crippen LogP contribution is 2.24. The quantitative estimate of drug-likeness (QED) is 0.305. The van der Waals surface area contributed by atoms with E-state index in [1.807, 2.05) is 0 Å². The van der Waals surface area contributed by atoms with Crippen molar-refractivity contribution in [2.24, 2.45) is 22.7 Å². The molecule has 1 amide bonds. The lowest BCUT2D eigenvalue weighted by Crippen LogP contribution is -2.46.